The molecule has 0 bridgehead atoms. The summed E-state index contributed by atoms with van der Waals surface area (Å²) in [5.41, 5.74) is 3.77. The third kappa shape index (κ3) is 4.79. The standard InChI is InChI=1S/C27H32N2O5/c1-3-4-7-19(27(32)33)14-25(30)29-13-12-18-10-11-21(34-2)15-23(18)24(29)17-28-16-20-8-5-6-9-22(20)26(28)31/h5-6,8-11,15,19,24H,3-4,7,12-14,16-17H2,1-2H3,(H,32,33). The Bertz CT molecular complexity index is 1080. The van der Waals surface area contributed by atoms with Crippen molar-refractivity contribution in [2.24, 2.45) is 5.92 Å². The lowest BCUT2D eigenvalue weighted by Gasteiger charge is -2.40. The molecule has 2 amide bonds. The van der Waals surface area contributed by atoms with Crippen LogP contribution >= 0.6 is 0 Å². The first-order valence-electron chi connectivity index (χ1n) is 12.0. The van der Waals surface area contributed by atoms with Crippen molar-refractivity contribution < 1.29 is 24.2 Å². The summed E-state index contributed by atoms with van der Waals surface area (Å²) in [5, 5.41) is 9.66. The predicted octanol–water partition coefficient (Wildman–Crippen LogP) is 4.06. The van der Waals surface area contributed by atoms with Gasteiger partial charge in [-0.2, -0.15) is 0 Å². The number of carbonyl (C=O) groups is 3. The van der Waals surface area contributed by atoms with Crippen LogP contribution in [0.15, 0.2) is 42.5 Å². The van der Waals surface area contributed by atoms with E-state index in [1.54, 1.807) is 16.9 Å². The van der Waals surface area contributed by atoms with Crippen LogP contribution in [0.1, 0.15) is 65.7 Å². The number of hydrogen-bond donors (Lipinski definition) is 1. The molecule has 2 heterocycles. The minimum Gasteiger partial charge on any atom is -0.497 e. The highest BCUT2D eigenvalue weighted by molar-refractivity contribution is 5.98. The number of benzene rings is 2. The van der Waals surface area contributed by atoms with Crippen LogP contribution in [0.5, 0.6) is 5.75 Å². The molecular formula is C27H32N2O5. The highest BCUT2D eigenvalue weighted by Crippen LogP contribution is 2.36. The number of amides is 2. The van der Waals surface area contributed by atoms with Crippen LogP contribution < -0.4 is 4.74 Å². The van der Waals surface area contributed by atoms with Gasteiger partial charge in [0, 0.05) is 31.6 Å². The predicted molar refractivity (Wildman–Crippen MR) is 128 cm³/mol. The minimum atomic E-state index is -0.928. The van der Waals surface area contributed by atoms with Gasteiger partial charge in [-0.25, -0.2) is 0 Å². The van der Waals surface area contributed by atoms with E-state index in [4.69, 9.17) is 4.74 Å². The lowest BCUT2D eigenvalue weighted by molar-refractivity contribution is -0.147. The Kier molecular flexibility index (Phi) is 7.20. The molecule has 7 nitrogen and oxygen atoms in total. The van der Waals surface area contributed by atoms with Crippen molar-refractivity contribution in [2.75, 3.05) is 20.2 Å². The molecule has 2 aromatic rings. The molecule has 0 saturated carbocycles. The Hall–Kier alpha value is -3.35. The molecule has 2 aromatic carbocycles. The molecular weight excluding hydrogens is 432 g/mol. The van der Waals surface area contributed by atoms with Gasteiger partial charge in [-0.3, -0.25) is 14.4 Å². The molecule has 0 spiro atoms. The maximum absolute atomic E-state index is 13.5. The molecule has 180 valence electrons. The first kappa shape index (κ1) is 23.8. The molecule has 7 heteroatoms. The van der Waals surface area contributed by atoms with Crippen molar-refractivity contribution in [1.29, 1.82) is 0 Å². The van der Waals surface area contributed by atoms with E-state index in [0.29, 0.717) is 43.8 Å². The molecule has 0 fully saturated rings. The minimum absolute atomic E-state index is 0.0285. The van der Waals surface area contributed by atoms with Crippen molar-refractivity contribution in [3.8, 4) is 5.75 Å². The summed E-state index contributed by atoms with van der Waals surface area (Å²) in [6, 6.07) is 13.1. The smallest absolute Gasteiger partial charge is 0.307 e. The molecule has 0 saturated heterocycles. The number of methoxy groups -OCH3 is 1. The maximum Gasteiger partial charge on any atom is 0.307 e. The molecule has 2 aliphatic heterocycles. The molecule has 4 rings (SSSR count). The van der Waals surface area contributed by atoms with Crippen LogP contribution in [0.3, 0.4) is 0 Å². The molecule has 0 aliphatic carbocycles. The van der Waals surface area contributed by atoms with Crippen LogP contribution in [0.4, 0.5) is 0 Å². The fourth-order valence-electron chi connectivity index (χ4n) is 5.06. The van der Waals surface area contributed by atoms with Gasteiger partial charge in [-0.05, 0) is 47.7 Å². The van der Waals surface area contributed by atoms with Crippen LogP contribution in [-0.4, -0.2) is 52.9 Å². The number of unbranched alkanes of at least 4 members (excludes halogenated alkanes) is 1. The lowest BCUT2D eigenvalue weighted by atomic mass is 9.90. The van der Waals surface area contributed by atoms with Gasteiger partial charge in [-0.1, -0.05) is 44.0 Å². The van der Waals surface area contributed by atoms with Gasteiger partial charge in [0.1, 0.15) is 5.75 Å². The zero-order chi connectivity index (χ0) is 24.2. The zero-order valence-electron chi connectivity index (χ0n) is 19.8. The largest absolute Gasteiger partial charge is 0.497 e. The van der Waals surface area contributed by atoms with E-state index in [1.165, 1.54) is 0 Å². The van der Waals surface area contributed by atoms with Gasteiger partial charge in [0.15, 0.2) is 0 Å². The van der Waals surface area contributed by atoms with Gasteiger partial charge in [0.25, 0.3) is 5.91 Å². The molecule has 0 aromatic heterocycles. The maximum atomic E-state index is 13.5. The Balaban J connectivity index is 1.62. The van der Waals surface area contributed by atoms with Crippen LogP contribution in [0.2, 0.25) is 0 Å². The van der Waals surface area contributed by atoms with E-state index in [9.17, 15) is 19.5 Å². The Morgan fingerprint density at radius 1 is 1.18 bits per heavy atom. The monoisotopic (exact) mass is 464 g/mol. The Morgan fingerprint density at radius 2 is 1.97 bits per heavy atom. The summed E-state index contributed by atoms with van der Waals surface area (Å²) in [7, 11) is 1.61. The quantitative estimate of drug-likeness (QED) is 0.605. The number of hydrogen-bond acceptors (Lipinski definition) is 4. The first-order chi connectivity index (χ1) is 16.4. The number of ether oxygens (including phenoxy) is 1. The van der Waals surface area contributed by atoms with Crippen molar-refractivity contribution in [1.82, 2.24) is 9.80 Å². The van der Waals surface area contributed by atoms with E-state index < -0.39 is 11.9 Å². The summed E-state index contributed by atoms with van der Waals surface area (Å²) >= 11 is 0. The van der Waals surface area contributed by atoms with Gasteiger partial charge in [0.05, 0.1) is 19.1 Å². The summed E-state index contributed by atoms with van der Waals surface area (Å²) < 4.78 is 5.44. The molecule has 2 unspecified atom stereocenters. The summed E-state index contributed by atoms with van der Waals surface area (Å²) in [6.07, 6.45) is 2.80. The Morgan fingerprint density at radius 3 is 2.68 bits per heavy atom. The van der Waals surface area contributed by atoms with E-state index in [1.807, 2.05) is 49.4 Å². The number of carboxylic acids is 1. The Labute approximate surface area is 200 Å². The lowest BCUT2D eigenvalue weighted by Crippen LogP contribution is -2.46. The van der Waals surface area contributed by atoms with Crippen molar-refractivity contribution in [2.45, 2.75) is 51.6 Å². The molecule has 1 N–H and O–H groups in total. The van der Waals surface area contributed by atoms with Gasteiger partial charge < -0.3 is 19.6 Å². The number of nitrogens with zero attached hydrogens (tertiary/aromatic N) is 2. The third-order valence-corrected chi connectivity index (χ3v) is 7.00. The molecule has 34 heavy (non-hydrogen) atoms. The van der Waals surface area contributed by atoms with Crippen molar-refractivity contribution in [3.05, 3.63) is 64.7 Å². The van der Waals surface area contributed by atoms with E-state index in [0.717, 1.165) is 29.5 Å². The highest BCUT2D eigenvalue weighted by Gasteiger charge is 2.37. The summed E-state index contributed by atoms with van der Waals surface area (Å²) in [5.74, 6) is -1.14. The van der Waals surface area contributed by atoms with Gasteiger partial charge in [0.2, 0.25) is 5.91 Å². The van der Waals surface area contributed by atoms with Crippen LogP contribution in [0, 0.1) is 5.92 Å². The third-order valence-electron chi connectivity index (χ3n) is 7.00. The SMILES string of the molecule is CCCCC(CC(=O)N1CCc2ccc(OC)cc2C1CN1Cc2ccccc2C1=O)C(=O)O. The number of carboxylic acid groups (broad SMARTS) is 1. The second-order valence-electron chi connectivity index (χ2n) is 9.14. The number of carbonyl (C=O) groups excluding carboxylic acids is 2. The zero-order valence-corrected chi connectivity index (χ0v) is 19.8. The summed E-state index contributed by atoms with van der Waals surface area (Å²) in [6.45, 7) is 3.36. The average Bonchev–Trinajstić information content (AvgIpc) is 3.16. The van der Waals surface area contributed by atoms with Crippen LogP contribution in [-0.2, 0) is 22.6 Å². The van der Waals surface area contributed by atoms with Crippen molar-refractivity contribution in [3.63, 3.8) is 0 Å². The van der Waals surface area contributed by atoms with Crippen LogP contribution in [0.25, 0.3) is 0 Å². The molecule has 0 radical (unpaired) electrons. The first-order valence-corrected chi connectivity index (χ1v) is 12.0. The average molecular weight is 465 g/mol. The normalized spacial score (nSPS) is 17.8. The van der Waals surface area contributed by atoms with E-state index >= 15 is 0 Å². The second kappa shape index (κ2) is 10.3. The van der Waals surface area contributed by atoms with Gasteiger partial charge >= 0.3 is 5.97 Å². The second-order valence-corrected chi connectivity index (χ2v) is 9.14. The van der Waals surface area contributed by atoms with E-state index in [2.05, 4.69) is 0 Å². The highest BCUT2D eigenvalue weighted by atomic mass is 16.5. The number of rotatable bonds is 9. The number of fused-ring (bicyclic) bond motifs is 2. The fourth-order valence-corrected chi connectivity index (χ4v) is 5.06. The van der Waals surface area contributed by atoms with Gasteiger partial charge in [-0.15, -0.1) is 0 Å². The summed E-state index contributed by atoms with van der Waals surface area (Å²) in [4.78, 5) is 41.9. The van der Waals surface area contributed by atoms with E-state index in [-0.39, 0.29) is 24.3 Å². The molecule has 2 aliphatic rings. The topological polar surface area (TPSA) is 87.2 Å². The number of aliphatic carboxylic acids is 1. The molecule has 2 atom stereocenters. The fraction of sp³-hybridized carbons (Fsp3) is 0.444. The van der Waals surface area contributed by atoms with Crippen molar-refractivity contribution >= 4 is 17.8 Å².